The lowest BCUT2D eigenvalue weighted by atomic mass is 10.0. The minimum absolute atomic E-state index is 0.0107. The Morgan fingerprint density at radius 3 is 3.29 bits per heavy atom. The summed E-state index contributed by atoms with van der Waals surface area (Å²) in [5.41, 5.74) is 0. The quantitative estimate of drug-likeness (QED) is 0.768. The van der Waals surface area contributed by atoms with Crippen LogP contribution in [0, 0.1) is 0 Å². The van der Waals surface area contributed by atoms with Crippen molar-refractivity contribution in [2.45, 2.75) is 32.2 Å². The van der Waals surface area contributed by atoms with Crippen LogP contribution in [0.1, 0.15) is 30.3 Å². The molecule has 1 atom stereocenters. The molecular formula is C11H15BrN2. The van der Waals surface area contributed by atoms with Crippen LogP contribution in [0.5, 0.6) is 0 Å². The molecule has 0 aliphatic carbocycles. The van der Waals surface area contributed by atoms with E-state index in [1.54, 1.807) is 0 Å². The van der Waals surface area contributed by atoms with Crippen LogP contribution < -0.4 is 4.90 Å². The predicted octanol–water partition coefficient (Wildman–Crippen LogP) is 3.22. The van der Waals surface area contributed by atoms with Crippen molar-refractivity contribution in [2.24, 2.45) is 0 Å². The highest BCUT2D eigenvalue weighted by atomic mass is 79.9. The summed E-state index contributed by atoms with van der Waals surface area (Å²) in [7, 11) is 0. The van der Waals surface area contributed by atoms with E-state index in [0.717, 1.165) is 19.4 Å². The summed E-state index contributed by atoms with van der Waals surface area (Å²) >= 11 is 3.21. The zero-order chi connectivity index (χ0) is 12.6. The molecule has 0 amide bonds. The largest absolute Gasteiger partial charge is 0.354 e. The molecule has 1 aliphatic heterocycles. The Kier molecular flexibility index (Phi) is 2.10. The number of anilines is 1. The normalized spacial score (nSPS) is 25.4. The van der Waals surface area contributed by atoms with Crippen LogP contribution in [-0.2, 0) is 0 Å². The van der Waals surface area contributed by atoms with Crippen molar-refractivity contribution in [3.8, 4) is 0 Å². The highest BCUT2D eigenvalue weighted by Crippen LogP contribution is 2.24. The van der Waals surface area contributed by atoms with E-state index in [-0.39, 0.29) is 18.3 Å². The van der Waals surface area contributed by atoms with Gasteiger partial charge in [0, 0.05) is 23.2 Å². The van der Waals surface area contributed by atoms with Crippen molar-refractivity contribution in [1.29, 1.82) is 0 Å². The predicted molar refractivity (Wildman–Crippen MR) is 62.6 cm³/mol. The average Bonchev–Trinajstić information content (AvgIpc) is 2.32. The van der Waals surface area contributed by atoms with Gasteiger partial charge in [-0.15, -0.1) is 0 Å². The molecule has 1 aliphatic rings. The molecule has 2 heterocycles. The maximum Gasteiger partial charge on any atom is 0.129 e. The third-order valence-electron chi connectivity index (χ3n) is 2.62. The van der Waals surface area contributed by atoms with Crippen molar-refractivity contribution >= 4 is 21.7 Å². The van der Waals surface area contributed by atoms with E-state index in [0.29, 0.717) is 16.3 Å². The Morgan fingerprint density at radius 1 is 1.64 bits per heavy atom. The second-order valence-electron chi connectivity index (χ2n) is 3.65. The maximum atomic E-state index is 8.00. The average molecular weight is 258 g/mol. The van der Waals surface area contributed by atoms with Crippen LogP contribution in [-0.4, -0.2) is 17.6 Å². The summed E-state index contributed by atoms with van der Waals surface area (Å²) in [6, 6.07) is 0.561. The molecule has 1 fully saturated rings. The SMILES string of the molecule is [2H]c1nc(N2CCCCC2C)c([2H])c(Br)c1[2H]. The molecule has 1 unspecified atom stereocenters. The summed E-state index contributed by atoms with van der Waals surface area (Å²) in [6.07, 6.45) is 3.32. The van der Waals surface area contributed by atoms with E-state index in [2.05, 4.69) is 32.7 Å². The molecule has 14 heavy (non-hydrogen) atoms. The third-order valence-corrected chi connectivity index (χ3v) is 3.02. The van der Waals surface area contributed by atoms with Gasteiger partial charge in [0.05, 0.1) is 4.11 Å². The fourth-order valence-electron chi connectivity index (χ4n) is 1.84. The van der Waals surface area contributed by atoms with E-state index in [4.69, 9.17) is 4.11 Å². The molecule has 76 valence electrons. The Bertz CT molecular complexity index is 439. The number of halogens is 1. The van der Waals surface area contributed by atoms with Gasteiger partial charge >= 0.3 is 0 Å². The summed E-state index contributed by atoms with van der Waals surface area (Å²) in [5.74, 6) is 0.532. The van der Waals surface area contributed by atoms with Gasteiger partial charge in [-0.25, -0.2) is 4.98 Å². The first-order valence-corrected chi connectivity index (χ1v) is 5.71. The number of rotatable bonds is 1. The van der Waals surface area contributed by atoms with Gasteiger partial charge in [-0.05, 0) is 38.3 Å². The molecule has 0 N–H and O–H groups in total. The summed E-state index contributed by atoms with van der Waals surface area (Å²) in [5, 5.41) is 0. The lowest BCUT2D eigenvalue weighted by Gasteiger charge is -2.34. The molecule has 0 aromatic carbocycles. The van der Waals surface area contributed by atoms with Gasteiger partial charge in [-0.2, -0.15) is 0 Å². The molecule has 0 bridgehead atoms. The molecule has 0 radical (unpaired) electrons. The van der Waals surface area contributed by atoms with E-state index >= 15 is 0 Å². The molecular weight excluding hydrogens is 240 g/mol. The fourth-order valence-corrected chi connectivity index (χ4v) is 2.10. The summed E-state index contributed by atoms with van der Waals surface area (Å²) in [6.45, 7) is 3.00. The van der Waals surface area contributed by atoms with Crippen molar-refractivity contribution in [2.75, 3.05) is 11.4 Å². The Balaban J connectivity index is 2.44. The number of aromatic nitrogens is 1. The maximum absolute atomic E-state index is 8.00. The Hall–Kier alpha value is -0.570. The second-order valence-corrected chi connectivity index (χ2v) is 4.44. The van der Waals surface area contributed by atoms with Gasteiger partial charge < -0.3 is 4.90 Å². The molecule has 3 heteroatoms. The standard InChI is InChI=1S/C11H15BrN2/c1-9-4-2-3-7-14(9)11-8-10(12)5-6-13-11/h5-6,8-9H,2-4,7H2,1H3/i5D,6D,8D. The number of pyridine rings is 1. The lowest BCUT2D eigenvalue weighted by molar-refractivity contribution is 0.481. The van der Waals surface area contributed by atoms with E-state index < -0.39 is 0 Å². The Morgan fingerprint density at radius 2 is 2.50 bits per heavy atom. The van der Waals surface area contributed by atoms with Gasteiger partial charge in [-0.3, -0.25) is 0 Å². The summed E-state index contributed by atoms with van der Waals surface area (Å²) in [4.78, 5) is 6.17. The molecule has 1 aromatic rings. The molecule has 1 aromatic heterocycles. The van der Waals surface area contributed by atoms with Gasteiger partial charge in [-0.1, -0.05) is 15.9 Å². The van der Waals surface area contributed by atoms with Crippen LogP contribution in [0.2, 0.25) is 0 Å². The van der Waals surface area contributed by atoms with Gasteiger partial charge in [0.2, 0.25) is 0 Å². The van der Waals surface area contributed by atoms with Crippen LogP contribution in [0.25, 0.3) is 0 Å². The first-order chi connectivity index (χ1) is 8.02. The number of hydrogen-bond acceptors (Lipinski definition) is 2. The zero-order valence-corrected chi connectivity index (χ0v) is 9.76. The second kappa shape index (κ2) is 4.30. The van der Waals surface area contributed by atoms with Crippen LogP contribution >= 0.6 is 15.9 Å². The minimum Gasteiger partial charge on any atom is -0.354 e. The van der Waals surface area contributed by atoms with Crippen molar-refractivity contribution in [3.63, 3.8) is 0 Å². The lowest BCUT2D eigenvalue weighted by Crippen LogP contribution is -2.37. The van der Waals surface area contributed by atoms with Crippen LogP contribution in [0.4, 0.5) is 5.82 Å². The monoisotopic (exact) mass is 257 g/mol. The smallest absolute Gasteiger partial charge is 0.129 e. The highest BCUT2D eigenvalue weighted by molar-refractivity contribution is 9.10. The molecule has 0 spiro atoms. The molecule has 2 rings (SSSR count). The number of hydrogen-bond donors (Lipinski definition) is 0. The van der Waals surface area contributed by atoms with E-state index in [1.165, 1.54) is 6.42 Å². The fraction of sp³-hybridized carbons (Fsp3) is 0.545. The first kappa shape index (κ1) is 6.83. The van der Waals surface area contributed by atoms with Gasteiger partial charge in [0.25, 0.3) is 0 Å². The highest BCUT2D eigenvalue weighted by Gasteiger charge is 2.19. The zero-order valence-electron chi connectivity index (χ0n) is 11.2. The van der Waals surface area contributed by atoms with Crippen LogP contribution in [0.15, 0.2) is 22.7 Å². The van der Waals surface area contributed by atoms with E-state index in [9.17, 15) is 0 Å². The van der Waals surface area contributed by atoms with Crippen molar-refractivity contribution in [1.82, 2.24) is 4.98 Å². The van der Waals surface area contributed by atoms with Gasteiger partial charge in [0.1, 0.15) is 5.82 Å². The van der Waals surface area contributed by atoms with Crippen molar-refractivity contribution in [3.05, 3.63) is 22.7 Å². The van der Waals surface area contributed by atoms with E-state index in [1.807, 2.05) is 0 Å². The number of piperidine rings is 1. The summed E-state index contributed by atoms with van der Waals surface area (Å²) < 4.78 is 23.6. The molecule has 0 saturated carbocycles. The molecule has 2 nitrogen and oxygen atoms in total. The van der Waals surface area contributed by atoms with Crippen molar-refractivity contribution < 1.29 is 4.11 Å². The topological polar surface area (TPSA) is 16.1 Å². The van der Waals surface area contributed by atoms with Gasteiger partial charge in [0.15, 0.2) is 0 Å². The minimum atomic E-state index is -0.0688. The molecule has 1 saturated heterocycles. The van der Waals surface area contributed by atoms with Crippen LogP contribution in [0.3, 0.4) is 0 Å². The number of nitrogens with zero attached hydrogens (tertiary/aromatic N) is 2. The first-order valence-electron chi connectivity index (χ1n) is 6.42. The third kappa shape index (κ3) is 2.08. The Labute approximate surface area is 97.7 Å².